The largest absolute Gasteiger partial charge is 0.435 e. The van der Waals surface area contributed by atoms with E-state index in [0.29, 0.717) is 18.7 Å². The molecule has 0 saturated carbocycles. The Bertz CT molecular complexity index is 606. The molecule has 0 unspecified atom stereocenters. The molecule has 2 aliphatic heterocycles. The van der Waals surface area contributed by atoms with Crippen LogP contribution in [0.5, 0.6) is 5.75 Å². The molecule has 0 aliphatic carbocycles. The standard InChI is InChI=1S/C16H18F2N2O3/c1-19-7-6-11-8-20(9-13(11)15(19)22)14(21)10-2-4-12(5-3-10)23-16(17)18/h2-5,11,13,16H,6-9H2,1H3/t11-,13+/m1/s1. The highest BCUT2D eigenvalue weighted by atomic mass is 19.3. The molecule has 7 heteroatoms. The van der Waals surface area contributed by atoms with E-state index in [4.69, 9.17) is 0 Å². The summed E-state index contributed by atoms with van der Waals surface area (Å²) < 4.78 is 28.5. The Hall–Kier alpha value is -2.18. The van der Waals surface area contributed by atoms with Crippen molar-refractivity contribution in [2.24, 2.45) is 11.8 Å². The van der Waals surface area contributed by atoms with Gasteiger partial charge in [0.05, 0.1) is 5.92 Å². The van der Waals surface area contributed by atoms with Crippen molar-refractivity contribution in [1.29, 1.82) is 0 Å². The molecule has 0 aromatic heterocycles. The Morgan fingerprint density at radius 3 is 2.61 bits per heavy atom. The van der Waals surface area contributed by atoms with Crippen molar-refractivity contribution in [3.05, 3.63) is 29.8 Å². The Kier molecular flexibility index (Phi) is 4.19. The third-order valence-corrected chi connectivity index (χ3v) is 4.58. The van der Waals surface area contributed by atoms with Crippen molar-refractivity contribution in [3.8, 4) is 5.75 Å². The van der Waals surface area contributed by atoms with Gasteiger partial charge < -0.3 is 14.5 Å². The third-order valence-electron chi connectivity index (χ3n) is 4.58. The predicted octanol–water partition coefficient (Wildman–Crippen LogP) is 1.84. The highest BCUT2D eigenvalue weighted by molar-refractivity contribution is 5.95. The van der Waals surface area contributed by atoms with E-state index < -0.39 is 6.61 Å². The van der Waals surface area contributed by atoms with Gasteiger partial charge in [0, 0.05) is 32.2 Å². The molecule has 23 heavy (non-hydrogen) atoms. The number of halogens is 2. The van der Waals surface area contributed by atoms with Gasteiger partial charge in [0.25, 0.3) is 5.91 Å². The zero-order chi connectivity index (χ0) is 16.6. The van der Waals surface area contributed by atoms with Crippen molar-refractivity contribution in [2.75, 3.05) is 26.7 Å². The Balaban J connectivity index is 1.68. The van der Waals surface area contributed by atoms with Crippen LogP contribution in [0.1, 0.15) is 16.8 Å². The van der Waals surface area contributed by atoms with Gasteiger partial charge in [0.2, 0.25) is 5.91 Å². The van der Waals surface area contributed by atoms with E-state index in [2.05, 4.69) is 4.74 Å². The maximum Gasteiger partial charge on any atom is 0.387 e. The minimum absolute atomic E-state index is 0.0171. The van der Waals surface area contributed by atoms with E-state index in [1.807, 2.05) is 0 Å². The lowest BCUT2D eigenvalue weighted by Crippen LogP contribution is -2.42. The SMILES string of the molecule is CN1CC[C@@H]2CN(C(=O)c3ccc(OC(F)F)cc3)C[C@@H]2C1=O. The number of likely N-dealkylation sites (tertiary alicyclic amines) is 2. The van der Waals surface area contributed by atoms with E-state index in [0.717, 1.165) is 13.0 Å². The summed E-state index contributed by atoms with van der Waals surface area (Å²) in [5.41, 5.74) is 0.408. The van der Waals surface area contributed by atoms with Crippen LogP contribution >= 0.6 is 0 Å². The van der Waals surface area contributed by atoms with E-state index in [9.17, 15) is 18.4 Å². The number of amides is 2. The molecule has 124 valence electrons. The summed E-state index contributed by atoms with van der Waals surface area (Å²) in [5.74, 6) is 0.0161. The molecule has 0 N–H and O–H groups in total. The molecule has 1 aromatic rings. The van der Waals surface area contributed by atoms with Crippen LogP contribution in [-0.2, 0) is 4.79 Å². The van der Waals surface area contributed by atoms with Gasteiger partial charge in [-0.05, 0) is 36.6 Å². The molecule has 2 aliphatic rings. The van der Waals surface area contributed by atoms with E-state index in [1.165, 1.54) is 24.3 Å². The lowest BCUT2D eigenvalue weighted by molar-refractivity contribution is -0.137. The molecule has 0 spiro atoms. The molecule has 5 nitrogen and oxygen atoms in total. The van der Waals surface area contributed by atoms with Crippen LogP contribution in [0, 0.1) is 11.8 Å². The fraction of sp³-hybridized carbons (Fsp3) is 0.500. The molecule has 2 amide bonds. The molecule has 2 heterocycles. The molecular weight excluding hydrogens is 306 g/mol. The Morgan fingerprint density at radius 1 is 1.26 bits per heavy atom. The van der Waals surface area contributed by atoms with Crippen LogP contribution in [-0.4, -0.2) is 54.9 Å². The summed E-state index contributed by atoms with van der Waals surface area (Å²) in [6, 6.07) is 5.63. The van der Waals surface area contributed by atoms with Crippen LogP contribution in [0.25, 0.3) is 0 Å². The number of hydrogen-bond acceptors (Lipinski definition) is 3. The van der Waals surface area contributed by atoms with E-state index in [-0.39, 0.29) is 29.4 Å². The fourth-order valence-electron chi connectivity index (χ4n) is 3.32. The number of ether oxygens (including phenoxy) is 1. The highest BCUT2D eigenvalue weighted by Crippen LogP contribution is 2.32. The van der Waals surface area contributed by atoms with Crippen LogP contribution in [0.3, 0.4) is 0 Å². The molecule has 0 radical (unpaired) electrons. The summed E-state index contributed by atoms with van der Waals surface area (Å²) in [6.07, 6.45) is 0.901. The zero-order valence-electron chi connectivity index (χ0n) is 12.7. The number of carbonyl (C=O) groups excluding carboxylic acids is 2. The summed E-state index contributed by atoms with van der Waals surface area (Å²) >= 11 is 0. The molecule has 2 fully saturated rings. The Labute approximate surface area is 132 Å². The quantitative estimate of drug-likeness (QED) is 0.852. The van der Waals surface area contributed by atoms with Crippen LogP contribution in [0.15, 0.2) is 24.3 Å². The number of nitrogens with zero attached hydrogens (tertiary/aromatic N) is 2. The minimum atomic E-state index is -2.89. The molecular formula is C16H18F2N2O3. The van der Waals surface area contributed by atoms with Gasteiger partial charge in [-0.15, -0.1) is 0 Å². The van der Waals surface area contributed by atoms with Gasteiger partial charge in [0.15, 0.2) is 0 Å². The first-order chi connectivity index (χ1) is 11.0. The summed E-state index contributed by atoms with van der Waals surface area (Å²) in [7, 11) is 1.78. The number of piperidine rings is 1. The maximum atomic E-state index is 12.5. The van der Waals surface area contributed by atoms with E-state index >= 15 is 0 Å². The average molecular weight is 324 g/mol. The van der Waals surface area contributed by atoms with Gasteiger partial charge in [-0.25, -0.2) is 0 Å². The topological polar surface area (TPSA) is 49.9 Å². The van der Waals surface area contributed by atoms with Gasteiger partial charge in [-0.2, -0.15) is 8.78 Å². The number of alkyl halides is 2. The first kappa shape index (κ1) is 15.7. The second-order valence-electron chi connectivity index (χ2n) is 6.03. The summed E-state index contributed by atoms with van der Waals surface area (Å²) in [4.78, 5) is 28.1. The van der Waals surface area contributed by atoms with Crippen molar-refractivity contribution in [2.45, 2.75) is 13.0 Å². The molecule has 3 rings (SSSR count). The second kappa shape index (κ2) is 6.14. The van der Waals surface area contributed by atoms with Gasteiger partial charge >= 0.3 is 6.61 Å². The zero-order valence-corrected chi connectivity index (χ0v) is 12.7. The van der Waals surface area contributed by atoms with Crippen LogP contribution in [0.2, 0.25) is 0 Å². The predicted molar refractivity (Wildman–Crippen MR) is 78.2 cm³/mol. The highest BCUT2D eigenvalue weighted by Gasteiger charge is 2.43. The molecule has 1 aromatic carbocycles. The molecule has 2 saturated heterocycles. The number of hydrogen-bond donors (Lipinski definition) is 0. The van der Waals surface area contributed by atoms with Crippen molar-refractivity contribution in [1.82, 2.24) is 9.80 Å². The fourth-order valence-corrected chi connectivity index (χ4v) is 3.32. The van der Waals surface area contributed by atoms with Crippen LogP contribution in [0.4, 0.5) is 8.78 Å². The lowest BCUT2D eigenvalue weighted by Gasteiger charge is -2.30. The lowest BCUT2D eigenvalue weighted by atomic mass is 9.88. The van der Waals surface area contributed by atoms with Gasteiger partial charge in [-0.1, -0.05) is 0 Å². The van der Waals surface area contributed by atoms with Crippen molar-refractivity contribution in [3.63, 3.8) is 0 Å². The number of rotatable bonds is 3. The maximum absolute atomic E-state index is 12.5. The van der Waals surface area contributed by atoms with E-state index in [1.54, 1.807) is 16.8 Å². The molecule has 2 atom stereocenters. The normalized spacial score (nSPS) is 24.1. The first-order valence-electron chi connectivity index (χ1n) is 7.55. The first-order valence-corrected chi connectivity index (χ1v) is 7.55. The van der Waals surface area contributed by atoms with Crippen LogP contribution < -0.4 is 4.74 Å². The summed E-state index contributed by atoms with van der Waals surface area (Å²) in [6.45, 7) is -1.18. The third kappa shape index (κ3) is 3.13. The monoisotopic (exact) mass is 324 g/mol. The number of fused-ring (bicyclic) bond motifs is 1. The smallest absolute Gasteiger partial charge is 0.387 e. The van der Waals surface area contributed by atoms with Crippen molar-refractivity contribution < 1.29 is 23.1 Å². The van der Waals surface area contributed by atoms with Gasteiger partial charge in [0.1, 0.15) is 5.75 Å². The van der Waals surface area contributed by atoms with Crippen molar-refractivity contribution >= 4 is 11.8 Å². The number of carbonyl (C=O) groups is 2. The second-order valence-corrected chi connectivity index (χ2v) is 6.03. The number of benzene rings is 1. The Morgan fingerprint density at radius 2 is 1.96 bits per heavy atom. The minimum Gasteiger partial charge on any atom is -0.435 e. The summed E-state index contributed by atoms with van der Waals surface area (Å²) in [5, 5.41) is 0. The average Bonchev–Trinajstić information content (AvgIpc) is 2.95. The van der Waals surface area contributed by atoms with Gasteiger partial charge in [-0.3, -0.25) is 9.59 Å². The molecule has 0 bridgehead atoms.